The minimum atomic E-state index is -4.26. The van der Waals surface area contributed by atoms with Crippen LogP contribution < -0.4 is 0 Å². The van der Waals surface area contributed by atoms with Crippen molar-refractivity contribution >= 4 is 20.9 Å². The SMILES string of the molecule is CCCCC(CCCC)(CCCC)Cc1ccccc1.O=S(=O)(O)c1ccc(O)c2ccccc12. The average molecular weight is 499 g/mol. The summed E-state index contributed by atoms with van der Waals surface area (Å²) in [6, 6.07) is 20.0. The van der Waals surface area contributed by atoms with Crippen LogP contribution in [0, 0.1) is 5.41 Å². The molecule has 0 saturated carbocycles. The van der Waals surface area contributed by atoms with E-state index in [4.69, 9.17) is 4.55 Å². The average Bonchev–Trinajstić information content (AvgIpc) is 2.85. The first-order valence-electron chi connectivity index (χ1n) is 13.0. The standard InChI is InChI=1S/C20H34.C10H8O4S/c1-4-7-15-20(16-8-5-2,17-9-6-3)18-19-13-11-10-12-14-19;11-9-5-6-10(15(12,13)14)8-4-2-1-3-7(8)9/h10-14H,4-9,15-18H2,1-3H3;1-6,11H,(H,12,13,14). The first kappa shape index (κ1) is 28.9. The minimum absolute atomic E-state index is 0.0157. The van der Waals surface area contributed by atoms with Gasteiger partial charge in [0, 0.05) is 10.8 Å². The van der Waals surface area contributed by atoms with Crippen molar-refractivity contribution in [1.29, 1.82) is 0 Å². The molecule has 35 heavy (non-hydrogen) atoms. The molecule has 0 aromatic heterocycles. The number of hydrogen-bond acceptors (Lipinski definition) is 3. The fourth-order valence-electron chi connectivity index (χ4n) is 4.80. The monoisotopic (exact) mass is 498 g/mol. The second-order valence-corrected chi connectivity index (χ2v) is 11.0. The molecule has 3 aromatic carbocycles. The summed E-state index contributed by atoms with van der Waals surface area (Å²) in [6.45, 7) is 6.98. The molecule has 0 atom stereocenters. The molecule has 0 saturated heterocycles. The van der Waals surface area contributed by atoms with E-state index in [2.05, 4.69) is 51.1 Å². The van der Waals surface area contributed by atoms with E-state index in [-0.39, 0.29) is 10.6 Å². The van der Waals surface area contributed by atoms with E-state index < -0.39 is 10.1 Å². The Bertz CT molecular complexity index is 1100. The van der Waals surface area contributed by atoms with E-state index in [1.807, 2.05) is 0 Å². The van der Waals surface area contributed by atoms with E-state index in [0.717, 1.165) is 0 Å². The summed E-state index contributed by atoms with van der Waals surface area (Å²) >= 11 is 0. The van der Waals surface area contributed by atoms with Gasteiger partial charge in [-0.15, -0.1) is 0 Å². The summed E-state index contributed by atoms with van der Waals surface area (Å²) in [7, 11) is -4.26. The Hall–Kier alpha value is -2.37. The fourth-order valence-corrected chi connectivity index (χ4v) is 5.50. The zero-order valence-electron chi connectivity index (χ0n) is 21.5. The Kier molecular flexibility index (Phi) is 11.8. The molecular weight excluding hydrogens is 456 g/mol. The molecule has 0 amide bonds. The Morgan fingerprint density at radius 2 is 1.17 bits per heavy atom. The van der Waals surface area contributed by atoms with Gasteiger partial charge in [0.2, 0.25) is 0 Å². The summed E-state index contributed by atoms with van der Waals surface area (Å²) in [4.78, 5) is -0.198. The number of phenolic OH excluding ortho intramolecular Hbond substituents is 1. The van der Waals surface area contributed by atoms with Gasteiger partial charge in [-0.2, -0.15) is 8.42 Å². The maximum Gasteiger partial charge on any atom is 0.295 e. The van der Waals surface area contributed by atoms with Gasteiger partial charge in [0.05, 0.1) is 0 Å². The highest BCUT2D eigenvalue weighted by Crippen LogP contribution is 2.40. The largest absolute Gasteiger partial charge is 0.507 e. The van der Waals surface area contributed by atoms with E-state index >= 15 is 0 Å². The van der Waals surface area contributed by atoms with Crippen molar-refractivity contribution in [3.8, 4) is 5.75 Å². The first-order chi connectivity index (χ1) is 16.8. The Balaban J connectivity index is 0.000000256. The topological polar surface area (TPSA) is 74.6 Å². The Morgan fingerprint density at radius 3 is 1.66 bits per heavy atom. The quantitative estimate of drug-likeness (QED) is 0.245. The van der Waals surface area contributed by atoms with E-state index in [1.165, 1.54) is 88.0 Å². The molecule has 0 fully saturated rings. The number of fused-ring (bicyclic) bond motifs is 1. The predicted octanol–water partition coefficient (Wildman–Crippen LogP) is 8.58. The smallest absolute Gasteiger partial charge is 0.295 e. The van der Waals surface area contributed by atoms with Gasteiger partial charge >= 0.3 is 0 Å². The highest BCUT2D eigenvalue weighted by Gasteiger charge is 2.28. The summed E-state index contributed by atoms with van der Waals surface area (Å²) < 4.78 is 31.0. The number of rotatable bonds is 12. The van der Waals surface area contributed by atoms with Gasteiger partial charge in [-0.1, -0.05) is 114 Å². The van der Waals surface area contributed by atoms with Gasteiger partial charge in [-0.3, -0.25) is 4.55 Å². The molecule has 5 heteroatoms. The van der Waals surface area contributed by atoms with Crippen LogP contribution in [0.4, 0.5) is 0 Å². The maximum atomic E-state index is 11.0. The molecular formula is C30H42O4S. The van der Waals surface area contributed by atoms with Crippen molar-refractivity contribution in [2.45, 2.75) is 89.9 Å². The van der Waals surface area contributed by atoms with Crippen LogP contribution >= 0.6 is 0 Å². The second kappa shape index (κ2) is 14.3. The van der Waals surface area contributed by atoms with Gasteiger partial charge in [0.1, 0.15) is 10.6 Å². The van der Waals surface area contributed by atoms with Crippen molar-refractivity contribution in [2.24, 2.45) is 5.41 Å². The molecule has 0 heterocycles. The highest BCUT2D eigenvalue weighted by molar-refractivity contribution is 7.86. The molecule has 0 bridgehead atoms. The van der Waals surface area contributed by atoms with E-state index in [0.29, 0.717) is 16.2 Å². The van der Waals surface area contributed by atoms with Gasteiger partial charge < -0.3 is 5.11 Å². The summed E-state index contributed by atoms with van der Waals surface area (Å²) in [5.41, 5.74) is 2.10. The predicted molar refractivity (Wildman–Crippen MR) is 147 cm³/mol. The van der Waals surface area contributed by atoms with E-state index in [9.17, 15) is 13.5 Å². The van der Waals surface area contributed by atoms with Crippen LogP contribution in [-0.2, 0) is 16.5 Å². The highest BCUT2D eigenvalue weighted by atomic mass is 32.2. The Labute approximate surface area is 212 Å². The number of phenols is 1. The van der Waals surface area contributed by atoms with Crippen molar-refractivity contribution in [3.63, 3.8) is 0 Å². The maximum absolute atomic E-state index is 11.0. The van der Waals surface area contributed by atoms with Crippen LogP contribution in [0.2, 0.25) is 0 Å². The molecule has 0 aliphatic heterocycles. The Morgan fingerprint density at radius 1 is 0.686 bits per heavy atom. The third-order valence-corrected chi connectivity index (χ3v) is 7.65. The molecule has 0 spiro atoms. The summed E-state index contributed by atoms with van der Waals surface area (Å²) in [5, 5.41) is 10.2. The van der Waals surface area contributed by atoms with Gasteiger partial charge in [0.15, 0.2) is 0 Å². The number of benzene rings is 3. The van der Waals surface area contributed by atoms with Gasteiger partial charge in [0.25, 0.3) is 10.1 Å². The first-order valence-corrected chi connectivity index (χ1v) is 14.4. The van der Waals surface area contributed by atoms with Crippen LogP contribution in [0.1, 0.15) is 84.1 Å². The van der Waals surface area contributed by atoms with Gasteiger partial charge in [-0.25, -0.2) is 0 Å². The third kappa shape index (κ3) is 8.97. The molecule has 4 nitrogen and oxygen atoms in total. The fraction of sp³-hybridized carbons (Fsp3) is 0.467. The number of aromatic hydroxyl groups is 1. The summed E-state index contributed by atoms with van der Waals surface area (Å²) in [6.07, 6.45) is 13.7. The molecule has 3 aromatic rings. The third-order valence-electron chi connectivity index (χ3n) is 6.74. The van der Waals surface area contributed by atoms with Crippen LogP contribution in [0.3, 0.4) is 0 Å². The molecule has 2 N–H and O–H groups in total. The van der Waals surface area contributed by atoms with Crippen LogP contribution in [0.15, 0.2) is 71.6 Å². The molecule has 192 valence electrons. The minimum Gasteiger partial charge on any atom is -0.507 e. The van der Waals surface area contributed by atoms with Crippen LogP contribution in [0.5, 0.6) is 5.75 Å². The number of hydrogen-bond donors (Lipinski definition) is 2. The summed E-state index contributed by atoms with van der Waals surface area (Å²) in [5.74, 6) is -0.0157. The lowest BCUT2D eigenvalue weighted by Crippen LogP contribution is -2.24. The van der Waals surface area contributed by atoms with E-state index in [1.54, 1.807) is 18.2 Å². The lowest BCUT2D eigenvalue weighted by molar-refractivity contribution is 0.198. The van der Waals surface area contributed by atoms with Crippen molar-refractivity contribution in [3.05, 3.63) is 72.3 Å². The van der Waals surface area contributed by atoms with Crippen molar-refractivity contribution in [2.75, 3.05) is 0 Å². The zero-order valence-corrected chi connectivity index (χ0v) is 22.4. The normalized spacial score (nSPS) is 11.8. The lowest BCUT2D eigenvalue weighted by Gasteiger charge is -2.35. The molecule has 0 unspecified atom stereocenters. The van der Waals surface area contributed by atoms with Crippen LogP contribution in [0.25, 0.3) is 10.8 Å². The molecule has 3 rings (SSSR count). The molecule has 0 radical (unpaired) electrons. The van der Waals surface area contributed by atoms with Crippen molar-refractivity contribution in [1.82, 2.24) is 0 Å². The second-order valence-electron chi connectivity index (χ2n) is 9.58. The van der Waals surface area contributed by atoms with Crippen LogP contribution in [-0.4, -0.2) is 18.1 Å². The van der Waals surface area contributed by atoms with Gasteiger partial charge in [-0.05, 0) is 48.8 Å². The number of unbranched alkanes of at least 4 members (excludes halogenated alkanes) is 3. The lowest BCUT2D eigenvalue weighted by atomic mass is 9.70. The van der Waals surface area contributed by atoms with Crippen molar-refractivity contribution < 1.29 is 18.1 Å². The molecule has 0 aliphatic carbocycles. The zero-order chi connectivity index (χ0) is 25.7. The molecule has 0 aliphatic rings.